The highest BCUT2D eigenvalue weighted by molar-refractivity contribution is 5.82. The highest BCUT2D eigenvalue weighted by atomic mass is 16.4. The molecule has 17 heavy (non-hydrogen) atoms. The summed E-state index contributed by atoms with van der Waals surface area (Å²) in [6, 6.07) is -1.77. The molecule has 0 heterocycles. The first-order valence-electron chi connectivity index (χ1n) is 5.91. The van der Waals surface area contributed by atoms with Gasteiger partial charge in [-0.15, -0.1) is 0 Å². The van der Waals surface area contributed by atoms with Crippen LogP contribution in [0.4, 0.5) is 4.79 Å². The first-order valence-corrected chi connectivity index (χ1v) is 5.91. The molecule has 1 fully saturated rings. The van der Waals surface area contributed by atoms with E-state index in [1.165, 1.54) is 0 Å². The van der Waals surface area contributed by atoms with Crippen LogP contribution in [-0.4, -0.2) is 41.4 Å². The number of hydrogen-bond acceptors (Lipinski definition) is 3. The molecule has 0 bridgehead atoms. The van der Waals surface area contributed by atoms with Crippen molar-refractivity contribution in [2.45, 2.75) is 38.6 Å². The lowest BCUT2D eigenvalue weighted by Gasteiger charge is -2.17. The Labute approximate surface area is 100 Å². The Morgan fingerprint density at radius 3 is 2.47 bits per heavy atom. The summed E-state index contributed by atoms with van der Waals surface area (Å²) in [5.41, 5.74) is 0.226. The summed E-state index contributed by atoms with van der Waals surface area (Å²) in [6.07, 6.45) is 4.39. The van der Waals surface area contributed by atoms with E-state index in [1.807, 2.05) is 0 Å². The van der Waals surface area contributed by atoms with Crippen molar-refractivity contribution < 1.29 is 19.8 Å². The highest BCUT2D eigenvalue weighted by Crippen LogP contribution is 2.48. The van der Waals surface area contributed by atoms with Gasteiger partial charge in [0.25, 0.3) is 0 Å². The van der Waals surface area contributed by atoms with Gasteiger partial charge in [-0.25, -0.2) is 9.59 Å². The lowest BCUT2D eigenvalue weighted by Crippen LogP contribution is -2.48. The maximum atomic E-state index is 11.4. The van der Waals surface area contributed by atoms with Crippen LogP contribution in [-0.2, 0) is 4.79 Å². The lowest BCUT2D eigenvalue weighted by atomic mass is 10.0. The molecule has 0 aromatic rings. The van der Waals surface area contributed by atoms with Gasteiger partial charge in [0.15, 0.2) is 6.04 Å². The summed E-state index contributed by atoms with van der Waals surface area (Å²) >= 11 is 0. The van der Waals surface area contributed by atoms with Crippen LogP contribution in [0.3, 0.4) is 0 Å². The Balaban J connectivity index is 2.28. The number of aliphatic carboxylic acids is 1. The molecule has 1 aliphatic carbocycles. The van der Waals surface area contributed by atoms with Gasteiger partial charge in [-0.2, -0.15) is 0 Å². The normalized spacial score (nSPS) is 18.2. The minimum absolute atomic E-state index is 0.226. The van der Waals surface area contributed by atoms with Crippen LogP contribution in [0, 0.1) is 5.41 Å². The molecule has 1 saturated carbocycles. The van der Waals surface area contributed by atoms with Crippen molar-refractivity contribution in [3.05, 3.63) is 0 Å². The number of amides is 2. The van der Waals surface area contributed by atoms with Gasteiger partial charge in [0.2, 0.25) is 0 Å². The van der Waals surface area contributed by atoms with Crippen LogP contribution in [0.25, 0.3) is 0 Å². The van der Waals surface area contributed by atoms with Gasteiger partial charge in [0.1, 0.15) is 0 Å². The molecular weight excluding hydrogens is 224 g/mol. The zero-order valence-corrected chi connectivity index (χ0v) is 10.0. The molecule has 98 valence electrons. The van der Waals surface area contributed by atoms with E-state index in [0.29, 0.717) is 6.54 Å². The second-order valence-corrected chi connectivity index (χ2v) is 4.65. The SMILES string of the molecule is CCCC1(CNC(=O)NC(CO)C(=O)O)CC1. The third-order valence-corrected chi connectivity index (χ3v) is 3.15. The average Bonchev–Trinajstić information content (AvgIpc) is 3.04. The smallest absolute Gasteiger partial charge is 0.328 e. The summed E-state index contributed by atoms with van der Waals surface area (Å²) in [7, 11) is 0. The fraction of sp³-hybridized carbons (Fsp3) is 0.818. The number of urea groups is 1. The Bertz CT molecular complexity index is 289. The quantitative estimate of drug-likeness (QED) is 0.518. The van der Waals surface area contributed by atoms with E-state index in [0.717, 1.165) is 25.7 Å². The van der Waals surface area contributed by atoms with Gasteiger partial charge in [-0.05, 0) is 24.7 Å². The Morgan fingerprint density at radius 2 is 2.06 bits per heavy atom. The van der Waals surface area contributed by atoms with E-state index in [9.17, 15) is 9.59 Å². The van der Waals surface area contributed by atoms with Gasteiger partial charge in [-0.1, -0.05) is 13.3 Å². The summed E-state index contributed by atoms with van der Waals surface area (Å²) < 4.78 is 0. The van der Waals surface area contributed by atoms with Crippen LogP contribution >= 0.6 is 0 Å². The molecule has 4 N–H and O–H groups in total. The number of hydrogen-bond donors (Lipinski definition) is 4. The van der Waals surface area contributed by atoms with E-state index in [4.69, 9.17) is 10.2 Å². The molecule has 0 aromatic heterocycles. The molecule has 1 unspecified atom stereocenters. The number of aliphatic hydroxyl groups is 1. The first-order chi connectivity index (χ1) is 8.03. The molecule has 6 heteroatoms. The second kappa shape index (κ2) is 5.86. The van der Waals surface area contributed by atoms with E-state index in [1.54, 1.807) is 0 Å². The predicted molar refractivity (Wildman–Crippen MR) is 61.6 cm³/mol. The van der Waals surface area contributed by atoms with Gasteiger partial charge < -0.3 is 20.8 Å². The largest absolute Gasteiger partial charge is 0.480 e. The van der Waals surface area contributed by atoms with Crippen LogP contribution in [0.2, 0.25) is 0 Å². The predicted octanol–water partition coefficient (Wildman–Crippen LogP) is 0.311. The molecule has 0 aliphatic heterocycles. The molecule has 1 rings (SSSR count). The maximum Gasteiger partial charge on any atom is 0.328 e. The molecule has 0 aromatic carbocycles. The van der Waals surface area contributed by atoms with Crippen molar-refractivity contribution in [3.8, 4) is 0 Å². The average molecular weight is 244 g/mol. The number of nitrogens with one attached hydrogen (secondary N) is 2. The number of carboxylic acid groups (broad SMARTS) is 1. The topological polar surface area (TPSA) is 98.7 Å². The van der Waals surface area contributed by atoms with Crippen molar-refractivity contribution in [1.82, 2.24) is 10.6 Å². The Kier molecular flexibility index (Phi) is 4.74. The third-order valence-electron chi connectivity index (χ3n) is 3.15. The van der Waals surface area contributed by atoms with Crippen molar-refractivity contribution in [2.24, 2.45) is 5.41 Å². The van der Waals surface area contributed by atoms with Gasteiger partial charge in [0, 0.05) is 6.54 Å². The molecule has 0 spiro atoms. The molecule has 0 radical (unpaired) electrons. The van der Waals surface area contributed by atoms with Crippen molar-refractivity contribution in [3.63, 3.8) is 0 Å². The lowest BCUT2D eigenvalue weighted by molar-refractivity contribution is -0.140. The molecule has 1 aliphatic rings. The standard InChI is InChI=1S/C11H20N2O4/c1-2-3-11(4-5-11)7-12-10(17)13-8(6-14)9(15)16/h8,14H,2-7H2,1H3,(H,15,16)(H2,12,13,17). The van der Waals surface area contributed by atoms with Crippen molar-refractivity contribution in [1.29, 1.82) is 0 Å². The fourth-order valence-corrected chi connectivity index (χ4v) is 1.88. The van der Waals surface area contributed by atoms with Crippen LogP contribution in [0.5, 0.6) is 0 Å². The van der Waals surface area contributed by atoms with Crippen LogP contribution in [0.1, 0.15) is 32.6 Å². The molecular formula is C11H20N2O4. The Hall–Kier alpha value is -1.30. The van der Waals surface area contributed by atoms with E-state index in [2.05, 4.69) is 17.6 Å². The summed E-state index contributed by atoms with van der Waals surface area (Å²) in [4.78, 5) is 22.0. The number of aliphatic hydroxyl groups excluding tert-OH is 1. The minimum Gasteiger partial charge on any atom is -0.480 e. The summed E-state index contributed by atoms with van der Waals surface area (Å²) in [6.45, 7) is 2.07. The number of carbonyl (C=O) groups is 2. The third kappa shape index (κ3) is 4.22. The molecule has 6 nitrogen and oxygen atoms in total. The van der Waals surface area contributed by atoms with Crippen LogP contribution in [0.15, 0.2) is 0 Å². The molecule has 1 atom stereocenters. The monoisotopic (exact) mass is 244 g/mol. The van der Waals surface area contributed by atoms with Crippen molar-refractivity contribution in [2.75, 3.05) is 13.2 Å². The number of rotatable bonds is 7. The van der Waals surface area contributed by atoms with E-state index >= 15 is 0 Å². The second-order valence-electron chi connectivity index (χ2n) is 4.65. The number of carbonyl (C=O) groups excluding carboxylic acids is 1. The maximum absolute atomic E-state index is 11.4. The minimum atomic E-state index is -1.24. The molecule has 2 amide bonds. The van der Waals surface area contributed by atoms with Crippen molar-refractivity contribution >= 4 is 12.0 Å². The van der Waals surface area contributed by atoms with Crippen LogP contribution < -0.4 is 10.6 Å². The van der Waals surface area contributed by atoms with Gasteiger partial charge in [0.05, 0.1) is 6.61 Å². The van der Waals surface area contributed by atoms with E-state index in [-0.39, 0.29) is 5.41 Å². The zero-order chi connectivity index (χ0) is 12.9. The first kappa shape index (κ1) is 13.8. The summed E-state index contributed by atoms with van der Waals surface area (Å²) in [5, 5.41) is 22.3. The summed E-state index contributed by atoms with van der Waals surface area (Å²) in [5.74, 6) is -1.24. The zero-order valence-electron chi connectivity index (χ0n) is 10.0. The highest BCUT2D eigenvalue weighted by Gasteiger charge is 2.41. The van der Waals surface area contributed by atoms with Gasteiger partial charge in [-0.3, -0.25) is 0 Å². The number of carboxylic acids is 1. The fourth-order valence-electron chi connectivity index (χ4n) is 1.88. The van der Waals surface area contributed by atoms with E-state index < -0.39 is 24.6 Å². The van der Waals surface area contributed by atoms with Gasteiger partial charge >= 0.3 is 12.0 Å². The molecule has 0 saturated heterocycles. The Morgan fingerprint density at radius 1 is 1.41 bits per heavy atom.